The topological polar surface area (TPSA) is 23.9 Å². The Bertz CT molecular complexity index is 625. The summed E-state index contributed by atoms with van der Waals surface area (Å²) < 4.78 is 0. The molecule has 0 fully saturated rings. The van der Waals surface area contributed by atoms with Crippen molar-refractivity contribution in [1.29, 1.82) is 5.41 Å². The Morgan fingerprint density at radius 3 is 2.67 bits per heavy atom. The highest BCUT2D eigenvalue weighted by Crippen LogP contribution is 2.34. The fourth-order valence-corrected chi connectivity index (χ4v) is 2.89. The predicted octanol–water partition coefficient (Wildman–Crippen LogP) is 4.07. The van der Waals surface area contributed by atoms with E-state index in [2.05, 4.69) is 56.3 Å². The SMILES string of the molecule is Cc1ccc2c(c1)C(C)c1ccccc1CC2=N. The normalized spacial score (nSPS) is 17.9. The molecule has 18 heavy (non-hydrogen) atoms. The van der Waals surface area contributed by atoms with E-state index in [9.17, 15) is 0 Å². The van der Waals surface area contributed by atoms with E-state index in [4.69, 9.17) is 5.41 Å². The molecule has 0 amide bonds. The summed E-state index contributed by atoms with van der Waals surface area (Å²) >= 11 is 0. The minimum atomic E-state index is 0.374. The van der Waals surface area contributed by atoms with Gasteiger partial charge in [-0.25, -0.2) is 0 Å². The van der Waals surface area contributed by atoms with E-state index in [0.29, 0.717) is 5.92 Å². The third-order valence-electron chi connectivity index (χ3n) is 3.89. The molecule has 0 bridgehead atoms. The molecule has 1 nitrogen and oxygen atoms in total. The first-order valence-electron chi connectivity index (χ1n) is 6.43. The number of nitrogens with one attached hydrogen (secondary N) is 1. The van der Waals surface area contributed by atoms with Gasteiger partial charge in [-0.15, -0.1) is 0 Å². The van der Waals surface area contributed by atoms with Gasteiger partial charge in [0.25, 0.3) is 0 Å². The van der Waals surface area contributed by atoms with Crippen LogP contribution in [0.5, 0.6) is 0 Å². The van der Waals surface area contributed by atoms with Gasteiger partial charge in [-0.1, -0.05) is 55.0 Å². The number of aryl methyl sites for hydroxylation is 1. The highest BCUT2D eigenvalue weighted by Gasteiger charge is 2.22. The van der Waals surface area contributed by atoms with Crippen molar-refractivity contribution in [3.63, 3.8) is 0 Å². The Hall–Kier alpha value is -1.89. The molecule has 1 atom stereocenters. The minimum absolute atomic E-state index is 0.374. The summed E-state index contributed by atoms with van der Waals surface area (Å²) in [4.78, 5) is 0. The van der Waals surface area contributed by atoms with Crippen LogP contribution in [0.4, 0.5) is 0 Å². The number of benzene rings is 2. The Labute approximate surface area is 108 Å². The van der Waals surface area contributed by atoms with Gasteiger partial charge >= 0.3 is 0 Å². The number of hydrogen-bond donors (Lipinski definition) is 1. The lowest BCUT2D eigenvalue weighted by atomic mass is 9.89. The Balaban J connectivity index is 2.26. The summed E-state index contributed by atoms with van der Waals surface area (Å²) in [5.41, 5.74) is 7.08. The van der Waals surface area contributed by atoms with Crippen LogP contribution in [0.1, 0.15) is 40.7 Å². The molecule has 2 aromatic rings. The van der Waals surface area contributed by atoms with Gasteiger partial charge in [-0.05, 0) is 29.2 Å². The van der Waals surface area contributed by atoms with Gasteiger partial charge in [-0.3, -0.25) is 0 Å². The standard InChI is InChI=1S/C17H17N/c1-11-7-8-15-16(9-11)12(2)14-6-4-3-5-13(14)10-17(15)18/h3-9,12,18H,10H2,1-2H3. The summed E-state index contributed by atoms with van der Waals surface area (Å²) in [5.74, 6) is 0.374. The van der Waals surface area contributed by atoms with Gasteiger partial charge in [0.2, 0.25) is 0 Å². The fourth-order valence-electron chi connectivity index (χ4n) is 2.89. The molecule has 0 aromatic heterocycles. The molecule has 1 heteroatoms. The van der Waals surface area contributed by atoms with Crippen LogP contribution in [-0.4, -0.2) is 5.71 Å². The molecule has 3 rings (SSSR count). The monoisotopic (exact) mass is 235 g/mol. The molecule has 1 aliphatic carbocycles. The van der Waals surface area contributed by atoms with Crippen molar-refractivity contribution in [2.75, 3.05) is 0 Å². The van der Waals surface area contributed by atoms with Crippen molar-refractivity contribution in [1.82, 2.24) is 0 Å². The summed E-state index contributed by atoms with van der Waals surface area (Å²) in [5, 5.41) is 8.30. The highest BCUT2D eigenvalue weighted by atomic mass is 14.4. The van der Waals surface area contributed by atoms with Crippen molar-refractivity contribution in [2.45, 2.75) is 26.2 Å². The largest absolute Gasteiger partial charge is 0.304 e. The molecule has 1 N–H and O–H groups in total. The molecule has 0 saturated carbocycles. The third-order valence-corrected chi connectivity index (χ3v) is 3.89. The summed E-state index contributed by atoms with van der Waals surface area (Å²) in [7, 11) is 0. The van der Waals surface area contributed by atoms with Crippen molar-refractivity contribution in [2.24, 2.45) is 0 Å². The molecular weight excluding hydrogens is 218 g/mol. The average Bonchev–Trinajstić information content (AvgIpc) is 2.47. The second kappa shape index (κ2) is 4.09. The number of hydrogen-bond acceptors (Lipinski definition) is 1. The van der Waals surface area contributed by atoms with E-state index in [1.807, 2.05) is 0 Å². The smallest absolute Gasteiger partial charge is 0.0433 e. The van der Waals surface area contributed by atoms with Crippen molar-refractivity contribution in [3.8, 4) is 0 Å². The highest BCUT2D eigenvalue weighted by molar-refractivity contribution is 6.02. The van der Waals surface area contributed by atoms with Crippen LogP contribution in [0.15, 0.2) is 42.5 Å². The van der Waals surface area contributed by atoms with E-state index in [-0.39, 0.29) is 0 Å². The van der Waals surface area contributed by atoms with Gasteiger partial charge in [0.05, 0.1) is 0 Å². The molecule has 0 spiro atoms. The maximum absolute atomic E-state index is 8.30. The van der Waals surface area contributed by atoms with E-state index in [0.717, 1.165) is 17.7 Å². The zero-order chi connectivity index (χ0) is 12.7. The molecule has 0 heterocycles. The Kier molecular flexibility index (Phi) is 2.55. The van der Waals surface area contributed by atoms with Crippen molar-refractivity contribution in [3.05, 3.63) is 70.3 Å². The lowest BCUT2D eigenvalue weighted by Crippen LogP contribution is -2.04. The van der Waals surface area contributed by atoms with Crippen LogP contribution >= 0.6 is 0 Å². The van der Waals surface area contributed by atoms with Crippen molar-refractivity contribution >= 4 is 5.71 Å². The van der Waals surface area contributed by atoms with E-state index in [1.165, 1.54) is 22.3 Å². The van der Waals surface area contributed by atoms with Crippen LogP contribution in [0.2, 0.25) is 0 Å². The molecular formula is C17H17N. The predicted molar refractivity (Wildman–Crippen MR) is 75.7 cm³/mol. The van der Waals surface area contributed by atoms with Gasteiger partial charge in [0, 0.05) is 18.1 Å². The van der Waals surface area contributed by atoms with Crippen LogP contribution in [0.25, 0.3) is 0 Å². The molecule has 1 unspecified atom stereocenters. The van der Waals surface area contributed by atoms with Crippen LogP contribution in [0.3, 0.4) is 0 Å². The van der Waals surface area contributed by atoms with E-state index < -0.39 is 0 Å². The first-order valence-corrected chi connectivity index (χ1v) is 6.43. The first kappa shape index (κ1) is 11.2. The Morgan fingerprint density at radius 1 is 1.06 bits per heavy atom. The maximum Gasteiger partial charge on any atom is 0.0433 e. The van der Waals surface area contributed by atoms with E-state index in [1.54, 1.807) is 0 Å². The fraction of sp³-hybridized carbons (Fsp3) is 0.235. The zero-order valence-electron chi connectivity index (χ0n) is 10.8. The summed E-state index contributed by atoms with van der Waals surface area (Å²) in [6.07, 6.45) is 0.747. The number of fused-ring (bicyclic) bond motifs is 2. The lowest BCUT2D eigenvalue weighted by Gasteiger charge is -2.15. The second-order valence-corrected chi connectivity index (χ2v) is 5.17. The molecule has 0 aliphatic heterocycles. The molecule has 0 saturated heterocycles. The quantitative estimate of drug-likeness (QED) is 0.711. The van der Waals surface area contributed by atoms with E-state index >= 15 is 0 Å². The zero-order valence-corrected chi connectivity index (χ0v) is 10.8. The minimum Gasteiger partial charge on any atom is -0.304 e. The number of rotatable bonds is 0. The average molecular weight is 235 g/mol. The molecule has 2 aromatic carbocycles. The van der Waals surface area contributed by atoms with Gasteiger partial charge < -0.3 is 5.41 Å². The molecule has 90 valence electrons. The molecule has 1 aliphatic rings. The van der Waals surface area contributed by atoms with Crippen LogP contribution in [-0.2, 0) is 6.42 Å². The first-order chi connectivity index (χ1) is 8.66. The summed E-state index contributed by atoms with van der Waals surface area (Å²) in [6.45, 7) is 4.36. The lowest BCUT2D eigenvalue weighted by molar-refractivity contribution is 0.911. The molecule has 0 radical (unpaired) electrons. The maximum atomic E-state index is 8.30. The summed E-state index contributed by atoms with van der Waals surface area (Å²) in [6, 6.07) is 15.0. The van der Waals surface area contributed by atoms with Crippen LogP contribution in [0, 0.1) is 12.3 Å². The van der Waals surface area contributed by atoms with Gasteiger partial charge in [0.15, 0.2) is 0 Å². The Morgan fingerprint density at radius 2 is 1.83 bits per heavy atom. The van der Waals surface area contributed by atoms with Crippen molar-refractivity contribution < 1.29 is 0 Å². The van der Waals surface area contributed by atoms with Gasteiger partial charge in [0.1, 0.15) is 0 Å². The second-order valence-electron chi connectivity index (χ2n) is 5.17. The van der Waals surface area contributed by atoms with Gasteiger partial charge in [-0.2, -0.15) is 0 Å². The van der Waals surface area contributed by atoms with Crippen LogP contribution < -0.4 is 0 Å². The third kappa shape index (κ3) is 1.67.